The first-order valence-electron chi connectivity index (χ1n) is 7.01. The zero-order chi connectivity index (χ0) is 13.8. The van der Waals surface area contributed by atoms with Gasteiger partial charge >= 0.3 is 5.97 Å². The highest BCUT2D eigenvalue weighted by atomic mass is 16.5. The molecule has 0 heterocycles. The smallest absolute Gasteiger partial charge is 0.309 e. The van der Waals surface area contributed by atoms with E-state index in [9.17, 15) is 9.90 Å². The molecule has 2 rings (SSSR count). The molecule has 0 atom stereocenters. The largest absolute Gasteiger partial charge is 0.508 e. The quantitative estimate of drug-likeness (QED) is 0.847. The summed E-state index contributed by atoms with van der Waals surface area (Å²) < 4.78 is 5.34. The van der Waals surface area contributed by atoms with Crippen molar-refractivity contribution < 1.29 is 14.6 Å². The van der Waals surface area contributed by atoms with Crippen LogP contribution >= 0.6 is 0 Å². The number of aromatic hydroxyl groups is 1. The van der Waals surface area contributed by atoms with Crippen LogP contribution in [0.2, 0.25) is 0 Å². The highest BCUT2D eigenvalue weighted by Crippen LogP contribution is 2.29. The Hall–Kier alpha value is -1.51. The summed E-state index contributed by atoms with van der Waals surface area (Å²) >= 11 is 0. The van der Waals surface area contributed by atoms with E-state index in [1.165, 1.54) is 0 Å². The Labute approximate surface area is 114 Å². The summed E-state index contributed by atoms with van der Waals surface area (Å²) in [6.07, 6.45) is 4.07. The van der Waals surface area contributed by atoms with Crippen LogP contribution in [0.4, 0.5) is 0 Å². The van der Waals surface area contributed by atoms with Crippen molar-refractivity contribution >= 4 is 5.97 Å². The van der Waals surface area contributed by atoms with E-state index in [4.69, 9.17) is 4.74 Å². The number of phenols is 1. The van der Waals surface area contributed by atoms with E-state index in [2.05, 4.69) is 6.92 Å². The van der Waals surface area contributed by atoms with Crippen LogP contribution in [0, 0.1) is 18.8 Å². The number of esters is 1. The second-order valence-electron chi connectivity index (χ2n) is 5.70. The monoisotopic (exact) mass is 262 g/mol. The number of carbonyl (C=O) groups is 1. The number of rotatable bonds is 3. The van der Waals surface area contributed by atoms with E-state index in [0.717, 1.165) is 37.2 Å². The van der Waals surface area contributed by atoms with Gasteiger partial charge in [-0.25, -0.2) is 0 Å². The van der Waals surface area contributed by atoms with Gasteiger partial charge in [0.2, 0.25) is 0 Å². The molecule has 0 aliphatic heterocycles. The Morgan fingerprint density at radius 1 is 1.32 bits per heavy atom. The van der Waals surface area contributed by atoms with Crippen molar-refractivity contribution in [2.24, 2.45) is 11.8 Å². The molecule has 104 valence electrons. The Balaban J connectivity index is 1.88. The molecule has 0 aromatic heterocycles. The summed E-state index contributed by atoms with van der Waals surface area (Å²) in [5.41, 5.74) is 1.73. The van der Waals surface area contributed by atoms with Gasteiger partial charge in [-0.2, -0.15) is 0 Å². The van der Waals surface area contributed by atoms with Crippen LogP contribution in [-0.2, 0) is 16.1 Å². The molecule has 0 bridgehead atoms. The number of benzene rings is 1. The van der Waals surface area contributed by atoms with E-state index >= 15 is 0 Å². The van der Waals surface area contributed by atoms with Crippen LogP contribution in [0.3, 0.4) is 0 Å². The minimum absolute atomic E-state index is 0.0446. The van der Waals surface area contributed by atoms with Gasteiger partial charge in [-0.1, -0.05) is 18.6 Å². The van der Waals surface area contributed by atoms with Crippen molar-refractivity contribution in [3.8, 4) is 5.75 Å². The van der Waals surface area contributed by atoms with Gasteiger partial charge in [-0.15, -0.1) is 0 Å². The lowest BCUT2D eigenvalue weighted by Crippen LogP contribution is -2.22. The molecule has 3 nitrogen and oxygen atoms in total. The third-order valence-electron chi connectivity index (χ3n) is 3.95. The van der Waals surface area contributed by atoms with Crippen molar-refractivity contribution in [1.29, 1.82) is 0 Å². The minimum atomic E-state index is -0.118. The molecule has 1 N–H and O–H groups in total. The summed E-state index contributed by atoms with van der Waals surface area (Å²) in [5.74, 6) is 0.844. The first-order chi connectivity index (χ1) is 9.06. The fourth-order valence-electron chi connectivity index (χ4n) is 2.59. The Kier molecular flexibility index (Phi) is 4.46. The van der Waals surface area contributed by atoms with Crippen LogP contribution in [0.25, 0.3) is 0 Å². The molecule has 0 radical (unpaired) electrons. The van der Waals surface area contributed by atoms with E-state index in [-0.39, 0.29) is 24.2 Å². The molecular weight excluding hydrogens is 240 g/mol. The normalized spacial score (nSPS) is 23.1. The van der Waals surface area contributed by atoms with Crippen molar-refractivity contribution in [3.63, 3.8) is 0 Å². The second kappa shape index (κ2) is 6.09. The van der Waals surface area contributed by atoms with E-state index in [0.29, 0.717) is 5.56 Å². The number of phenolic OH excluding ortho intramolecular Hbond substituents is 1. The molecule has 0 saturated heterocycles. The Morgan fingerprint density at radius 2 is 2.00 bits per heavy atom. The Bertz CT molecular complexity index is 445. The summed E-state index contributed by atoms with van der Waals surface area (Å²) in [6.45, 7) is 4.35. The van der Waals surface area contributed by atoms with Gasteiger partial charge in [-0.05, 0) is 50.7 Å². The molecule has 0 amide bonds. The van der Waals surface area contributed by atoms with Gasteiger partial charge in [0.1, 0.15) is 12.4 Å². The molecule has 0 unspecified atom stereocenters. The summed E-state index contributed by atoms with van der Waals surface area (Å²) in [6, 6.07) is 5.33. The predicted octanol–water partition coefficient (Wildman–Crippen LogP) is 3.57. The highest BCUT2D eigenvalue weighted by molar-refractivity contribution is 5.72. The number of ether oxygens (including phenoxy) is 1. The van der Waals surface area contributed by atoms with Gasteiger partial charge in [0.15, 0.2) is 0 Å². The van der Waals surface area contributed by atoms with E-state index in [1.54, 1.807) is 6.07 Å². The first-order valence-corrected chi connectivity index (χ1v) is 7.01. The molecule has 1 aromatic carbocycles. The molecule has 0 spiro atoms. The lowest BCUT2D eigenvalue weighted by Gasteiger charge is -2.24. The van der Waals surface area contributed by atoms with Gasteiger partial charge in [-0.3, -0.25) is 4.79 Å². The fraction of sp³-hybridized carbons (Fsp3) is 0.562. The molecule has 3 heteroatoms. The zero-order valence-electron chi connectivity index (χ0n) is 11.7. The van der Waals surface area contributed by atoms with Crippen molar-refractivity contribution in [2.45, 2.75) is 46.1 Å². The first kappa shape index (κ1) is 13.9. The molecule has 19 heavy (non-hydrogen) atoms. The van der Waals surface area contributed by atoms with Crippen LogP contribution in [0.15, 0.2) is 18.2 Å². The van der Waals surface area contributed by atoms with Crippen LogP contribution in [0.1, 0.15) is 43.7 Å². The van der Waals surface area contributed by atoms with Crippen molar-refractivity contribution in [1.82, 2.24) is 0 Å². The van der Waals surface area contributed by atoms with Crippen molar-refractivity contribution in [2.75, 3.05) is 0 Å². The second-order valence-corrected chi connectivity index (χ2v) is 5.70. The SMILES string of the molecule is Cc1ccc(O)c(COC(=O)C2CCC(C)CC2)c1. The molecule has 1 aliphatic rings. The maximum absolute atomic E-state index is 12.0. The number of carbonyl (C=O) groups excluding carboxylic acids is 1. The number of hydrogen-bond acceptors (Lipinski definition) is 3. The predicted molar refractivity (Wildman–Crippen MR) is 73.8 cm³/mol. The van der Waals surface area contributed by atoms with Gasteiger partial charge in [0, 0.05) is 5.56 Å². The lowest BCUT2D eigenvalue weighted by molar-refractivity contribution is -0.151. The van der Waals surface area contributed by atoms with Crippen LogP contribution < -0.4 is 0 Å². The average molecular weight is 262 g/mol. The number of hydrogen-bond donors (Lipinski definition) is 1. The lowest BCUT2D eigenvalue weighted by atomic mass is 9.83. The van der Waals surface area contributed by atoms with Crippen molar-refractivity contribution in [3.05, 3.63) is 29.3 Å². The molecule has 1 aromatic rings. The molecular formula is C16H22O3. The van der Waals surface area contributed by atoms with E-state index in [1.807, 2.05) is 19.1 Å². The number of aryl methyl sites for hydroxylation is 1. The minimum Gasteiger partial charge on any atom is -0.508 e. The highest BCUT2D eigenvalue weighted by Gasteiger charge is 2.25. The summed E-state index contributed by atoms with van der Waals surface area (Å²) in [7, 11) is 0. The van der Waals surface area contributed by atoms with Gasteiger partial charge in [0.25, 0.3) is 0 Å². The molecule has 1 fully saturated rings. The van der Waals surface area contributed by atoms with E-state index < -0.39 is 0 Å². The molecule has 1 aliphatic carbocycles. The van der Waals surface area contributed by atoms with Crippen LogP contribution in [-0.4, -0.2) is 11.1 Å². The standard InChI is InChI=1S/C16H22O3/c1-11-3-6-13(7-4-11)16(18)19-10-14-9-12(2)5-8-15(14)17/h5,8-9,11,13,17H,3-4,6-7,10H2,1-2H3. The van der Waals surface area contributed by atoms with Gasteiger partial charge < -0.3 is 9.84 Å². The Morgan fingerprint density at radius 3 is 2.68 bits per heavy atom. The zero-order valence-corrected chi connectivity index (χ0v) is 11.7. The fourth-order valence-corrected chi connectivity index (χ4v) is 2.59. The average Bonchev–Trinajstić information content (AvgIpc) is 2.40. The summed E-state index contributed by atoms with van der Waals surface area (Å²) in [5, 5.41) is 9.70. The third kappa shape index (κ3) is 3.72. The summed E-state index contributed by atoms with van der Waals surface area (Å²) in [4.78, 5) is 12.0. The van der Waals surface area contributed by atoms with Gasteiger partial charge in [0.05, 0.1) is 5.92 Å². The maximum Gasteiger partial charge on any atom is 0.309 e. The molecule has 1 saturated carbocycles. The van der Waals surface area contributed by atoms with Crippen LogP contribution in [0.5, 0.6) is 5.75 Å². The third-order valence-corrected chi connectivity index (χ3v) is 3.95. The topological polar surface area (TPSA) is 46.5 Å². The maximum atomic E-state index is 12.0.